The molecule has 1 aromatic carbocycles. The molecule has 0 saturated carbocycles. The van der Waals surface area contributed by atoms with Crippen LogP contribution in [-0.4, -0.2) is 0 Å². The van der Waals surface area contributed by atoms with E-state index in [0.29, 0.717) is 12.3 Å². The average Bonchev–Trinajstić information content (AvgIpc) is 2.80. The molecular formula is C23H24N2. The lowest BCUT2D eigenvalue weighted by Gasteiger charge is -2.42. The van der Waals surface area contributed by atoms with Crippen molar-refractivity contribution in [3.63, 3.8) is 0 Å². The van der Waals surface area contributed by atoms with E-state index in [1.54, 1.807) is 0 Å². The molecule has 1 aromatic rings. The van der Waals surface area contributed by atoms with Crippen LogP contribution in [-0.2, 0) is 0 Å². The fraction of sp³-hybridized carbons (Fsp3) is 0.391. The van der Waals surface area contributed by atoms with Crippen LogP contribution >= 0.6 is 0 Å². The van der Waals surface area contributed by atoms with Crippen LogP contribution in [0.15, 0.2) is 65.8 Å². The summed E-state index contributed by atoms with van der Waals surface area (Å²) in [5.74, 6) is 0.608. The van der Waals surface area contributed by atoms with Gasteiger partial charge < -0.3 is 0 Å². The van der Waals surface area contributed by atoms with Gasteiger partial charge in [-0.05, 0) is 49.7 Å². The third-order valence-corrected chi connectivity index (χ3v) is 5.87. The van der Waals surface area contributed by atoms with Crippen LogP contribution < -0.4 is 0 Å². The summed E-state index contributed by atoms with van der Waals surface area (Å²) in [4.78, 5) is 0. The van der Waals surface area contributed by atoms with Crippen molar-refractivity contribution in [2.75, 3.05) is 0 Å². The minimum atomic E-state index is -1.05. The summed E-state index contributed by atoms with van der Waals surface area (Å²) in [5, 5.41) is 19.9. The predicted octanol–water partition coefficient (Wildman–Crippen LogP) is 5.68. The number of rotatable bonds is 2. The van der Waals surface area contributed by atoms with Crippen LogP contribution in [0.3, 0.4) is 0 Å². The molecule has 0 spiro atoms. The molecule has 0 aromatic heterocycles. The molecule has 0 amide bonds. The van der Waals surface area contributed by atoms with Crippen LogP contribution in [0.4, 0.5) is 0 Å². The average molecular weight is 328 g/mol. The Labute approximate surface area is 150 Å². The van der Waals surface area contributed by atoms with Crippen LogP contribution in [0.1, 0.15) is 44.6 Å². The van der Waals surface area contributed by atoms with Gasteiger partial charge in [0.2, 0.25) is 0 Å². The Morgan fingerprint density at radius 1 is 1.20 bits per heavy atom. The minimum Gasteiger partial charge on any atom is -0.196 e. The third-order valence-electron chi connectivity index (χ3n) is 5.87. The Morgan fingerprint density at radius 2 is 1.88 bits per heavy atom. The summed E-state index contributed by atoms with van der Waals surface area (Å²) < 4.78 is 0. The van der Waals surface area contributed by atoms with E-state index in [1.807, 2.05) is 12.1 Å². The van der Waals surface area contributed by atoms with Gasteiger partial charge in [0.05, 0.1) is 12.1 Å². The number of nitrogens with zero attached hydrogens (tertiary/aromatic N) is 2. The van der Waals surface area contributed by atoms with Gasteiger partial charge in [0, 0.05) is 12.3 Å². The zero-order valence-electron chi connectivity index (χ0n) is 15.0. The van der Waals surface area contributed by atoms with Gasteiger partial charge in [0.15, 0.2) is 5.41 Å². The zero-order chi connectivity index (χ0) is 18.0. The smallest absolute Gasteiger partial charge is 0.168 e. The molecule has 0 fully saturated rings. The van der Waals surface area contributed by atoms with Crippen LogP contribution in [0.25, 0.3) is 0 Å². The van der Waals surface area contributed by atoms with Gasteiger partial charge in [-0.25, -0.2) is 0 Å². The van der Waals surface area contributed by atoms with Crippen LogP contribution in [0.5, 0.6) is 0 Å². The predicted molar refractivity (Wildman–Crippen MR) is 100 cm³/mol. The highest BCUT2D eigenvalue weighted by Gasteiger charge is 2.47. The van der Waals surface area contributed by atoms with Crippen molar-refractivity contribution in [2.24, 2.45) is 17.3 Å². The lowest BCUT2D eigenvalue weighted by atomic mass is 9.60. The van der Waals surface area contributed by atoms with Gasteiger partial charge in [0.25, 0.3) is 0 Å². The molecule has 3 atom stereocenters. The fourth-order valence-corrected chi connectivity index (χ4v) is 4.66. The third kappa shape index (κ3) is 2.83. The molecule has 0 N–H and O–H groups in total. The van der Waals surface area contributed by atoms with E-state index >= 15 is 0 Å². The van der Waals surface area contributed by atoms with Crippen molar-refractivity contribution < 1.29 is 0 Å². The summed E-state index contributed by atoms with van der Waals surface area (Å²) in [6.07, 6.45) is 6.70. The maximum atomic E-state index is 9.94. The molecule has 2 heteroatoms. The number of allylic oxidation sites excluding steroid dienone is 5. The van der Waals surface area contributed by atoms with E-state index in [9.17, 15) is 10.5 Å². The highest BCUT2D eigenvalue weighted by Crippen LogP contribution is 2.54. The van der Waals surface area contributed by atoms with Crippen LogP contribution in [0.2, 0.25) is 0 Å². The van der Waals surface area contributed by atoms with E-state index in [-0.39, 0.29) is 11.8 Å². The Hall–Kier alpha value is -2.58. The summed E-state index contributed by atoms with van der Waals surface area (Å²) in [6.45, 7) is 8.43. The number of nitriles is 2. The van der Waals surface area contributed by atoms with Gasteiger partial charge in [0.1, 0.15) is 0 Å². The summed E-state index contributed by atoms with van der Waals surface area (Å²) in [6, 6.07) is 15.2. The monoisotopic (exact) mass is 328 g/mol. The molecule has 0 saturated heterocycles. The number of hydrogen-bond donors (Lipinski definition) is 0. The summed E-state index contributed by atoms with van der Waals surface area (Å²) in [5.41, 5.74) is 3.61. The first-order valence-electron chi connectivity index (χ1n) is 8.93. The van der Waals surface area contributed by atoms with Gasteiger partial charge in [-0.1, -0.05) is 60.2 Å². The zero-order valence-corrected chi connectivity index (χ0v) is 15.0. The van der Waals surface area contributed by atoms with E-state index < -0.39 is 5.41 Å². The molecule has 126 valence electrons. The van der Waals surface area contributed by atoms with E-state index in [0.717, 1.165) is 24.0 Å². The Kier molecular flexibility index (Phi) is 4.65. The van der Waals surface area contributed by atoms with Gasteiger partial charge in [-0.15, -0.1) is 0 Å². The number of hydrogen-bond acceptors (Lipinski definition) is 2. The highest BCUT2D eigenvalue weighted by molar-refractivity contribution is 5.46. The van der Waals surface area contributed by atoms with Crippen molar-refractivity contribution in [1.82, 2.24) is 0 Å². The largest absolute Gasteiger partial charge is 0.196 e. The van der Waals surface area contributed by atoms with Crippen molar-refractivity contribution in [3.8, 4) is 12.1 Å². The highest BCUT2D eigenvalue weighted by atomic mass is 14.5. The van der Waals surface area contributed by atoms with E-state index in [2.05, 4.69) is 62.9 Å². The number of benzene rings is 1. The maximum absolute atomic E-state index is 9.94. The van der Waals surface area contributed by atoms with Crippen LogP contribution in [0, 0.1) is 39.9 Å². The van der Waals surface area contributed by atoms with Crippen molar-refractivity contribution in [1.29, 1.82) is 10.5 Å². The second-order valence-electron chi connectivity index (χ2n) is 7.41. The summed E-state index contributed by atoms with van der Waals surface area (Å²) in [7, 11) is 0. The molecule has 25 heavy (non-hydrogen) atoms. The van der Waals surface area contributed by atoms with Crippen molar-refractivity contribution in [2.45, 2.75) is 39.0 Å². The number of fused-ring (bicyclic) bond motifs is 1. The van der Waals surface area contributed by atoms with Crippen molar-refractivity contribution >= 4 is 0 Å². The summed E-state index contributed by atoms with van der Waals surface area (Å²) >= 11 is 0. The quantitative estimate of drug-likeness (QED) is 0.655. The Bertz CT molecular complexity index is 800. The lowest BCUT2D eigenvalue weighted by molar-refractivity contribution is 0.321. The first-order valence-corrected chi connectivity index (χ1v) is 8.93. The molecule has 0 aliphatic heterocycles. The fourth-order valence-electron chi connectivity index (χ4n) is 4.66. The van der Waals surface area contributed by atoms with Gasteiger partial charge in [-0.3, -0.25) is 0 Å². The van der Waals surface area contributed by atoms with Gasteiger partial charge >= 0.3 is 0 Å². The maximum Gasteiger partial charge on any atom is 0.168 e. The standard InChI is InChI=1S/C23H24N2/c1-16(2)19-12-11-17(3)22-21(19)20(18-8-5-4-6-9-18)10-7-13-23(22,14-24)15-25/h4-10,19-21H,1,11-13H2,2-3H3/t19-,20?,21?/m1/s1. The first-order chi connectivity index (χ1) is 12.0. The van der Waals surface area contributed by atoms with E-state index in [1.165, 1.54) is 11.1 Å². The van der Waals surface area contributed by atoms with Gasteiger partial charge in [-0.2, -0.15) is 10.5 Å². The molecule has 0 heterocycles. The second kappa shape index (κ2) is 6.73. The Balaban J connectivity index is 2.25. The minimum absolute atomic E-state index is 0.131. The molecule has 2 aliphatic carbocycles. The molecule has 3 rings (SSSR count). The Morgan fingerprint density at radius 3 is 2.48 bits per heavy atom. The molecule has 0 bridgehead atoms. The molecule has 2 nitrogen and oxygen atoms in total. The molecule has 2 aliphatic rings. The molecular weight excluding hydrogens is 304 g/mol. The normalized spacial score (nSPS) is 27.6. The second-order valence-corrected chi connectivity index (χ2v) is 7.41. The SMILES string of the molecule is C=C(C)[C@H]1CCC(C)=C2C1C(c1ccccc1)C=CCC2(C#N)C#N. The molecule has 2 unspecified atom stereocenters. The van der Waals surface area contributed by atoms with E-state index in [4.69, 9.17) is 0 Å². The molecule has 0 radical (unpaired) electrons. The van der Waals surface area contributed by atoms with Crippen molar-refractivity contribution in [3.05, 3.63) is 71.3 Å². The topological polar surface area (TPSA) is 47.6 Å². The first kappa shape index (κ1) is 17.2. The lowest BCUT2D eigenvalue weighted by Crippen LogP contribution is -2.35.